The third-order valence-electron chi connectivity index (χ3n) is 3.68. The van der Waals surface area contributed by atoms with Crippen molar-refractivity contribution < 1.29 is 4.74 Å². The van der Waals surface area contributed by atoms with Crippen LogP contribution in [0.1, 0.15) is 33.6 Å². The molecule has 4 heteroatoms. The molecule has 0 aliphatic carbocycles. The van der Waals surface area contributed by atoms with E-state index in [-0.39, 0.29) is 5.54 Å². The summed E-state index contributed by atoms with van der Waals surface area (Å²) in [6.07, 6.45) is 2.31. The molecule has 0 bridgehead atoms. The Kier molecular flexibility index (Phi) is 3.80. The van der Waals surface area contributed by atoms with Gasteiger partial charge in [0.05, 0.1) is 12.6 Å². The molecule has 2 rings (SSSR count). The van der Waals surface area contributed by atoms with E-state index >= 15 is 0 Å². The minimum Gasteiger partial charge on any atom is -0.381 e. The molecule has 0 radical (unpaired) electrons. The highest BCUT2D eigenvalue weighted by atomic mass is 32.2. The highest BCUT2D eigenvalue weighted by Gasteiger charge is 2.31. The second kappa shape index (κ2) is 4.96. The summed E-state index contributed by atoms with van der Waals surface area (Å²) in [7, 11) is 0. The van der Waals surface area contributed by atoms with E-state index in [9.17, 15) is 0 Å². The van der Waals surface area contributed by atoms with Gasteiger partial charge in [0.2, 0.25) is 0 Å². The molecule has 2 saturated heterocycles. The summed E-state index contributed by atoms with van der Waals surface area (Å²) in [5, 5.41) is 4.67. The zero-order valence-corrected chi connectivity index (χ0v) is 11.3. The zero-order valence-electron chi connectivity index (χ0n) is 10.5. The van der Waals surface area contributed by atoms with Crippen LogP contribution in [-0.4, -0.2) is 35.7 Å². The molecule has 3 nitrogen and oxygen atoms in total. The van der Waals surface area contributed by atoms with Crippen molar-refractivity contribution in [1.82, 2.24) is 5.32 Å². The van der Waals surface area contributed by atoms with Gasteiger partial charge in [0, 0.05) is 23.8 Å². The van der Waals surface area contributed by atoms with Crippen LogP contribution in [0.25, 0.3) is 0 Å². The Bertz CT molecular complexity index is 276. The van der Waals surface area contributed by atoms with Crippen LogP contribution in [0.4, 0.5) is 0 Å². The van der Waals surface area contributed by atoms with E-state index in [2.05, 4.69) is 26.1 Å². The fourth-order valence-electron chi connectivity index (χ4n) is 2.04. The van der Waals surface area contributed by atoms with Crippen molar-refractivity contribution in [3.8, 4) is 0 Å². The SMILES string of the molecule is CCC1(C)CSC(=NC(C)C2CCOC2)N1. The van der Waals surface area contributed by atoms with Crippen molar-refractivity contribution >= 4 is 16.9 Å². The molecule has 16 heavy (non-hydrogen) atoms. The first-order chi connectivity index (χ1) is 7.63. The summed E-state index contributed by atoms with van der Waals surface area (Å²) in [6, 6.07) is 0.386. The highest BCUT2D eigenvalue weighted by Crippen LogP contribution is 2.27. The largest absolute Gasteiger partial charge is 0.381 e. The lowest BCUT2D eigenvalue weighted by molar-refractivity contribution is 0.182. The van der Waals surface area contributed by atoms with Gasteiger partial charge in [-0.2, -0.15) is 0 Å². The number of thioether (sulfide) groups is 1. The molecular weight excluding hydrogens is 220 g/mol. The van der Waals surface area contributed by atoms with Gasteiger partial charge in [0.1, 0.15) is 0 Å². The fourth-order valence-corrected chi connectivity index (χ4v) is 3.33. The Hall–Kier alpha value is -0.220. The molecule has 92 valence electrons. The first-order valence-electron chi connectivity index (χ1n) is 6.19. The maximum Gasteiger partial charge on any atom is 0.157 e. The van der Waals surface area contributed by atoms with Crippen molar-refractivity contribution in [3.05, 3.63) is 0 Å². The first-order valence-corrected chi connectivity index (χ1v) is 7.18. The van der Waals surface area contributed by atoms with Crippen molar-refractivity contribution in [2.45, 2.75) is 45.2 Å². The predicted octanol–water partition coefficient (Wildman–Crippen LogP) is 2.27. The average molecular weight is 242 g/mol. The van der Waals surface area contributed by atoms with E-state index in [4.69, 9.17) is 9.73 Å². The standard InChI is InChI=1S/C12H22N2OS/c1-4-12(3)8-16-11(14-12)13-9(2)10-5-6-15-7-10/h9-10H,4-8H2,1-3H3,(H,13,14). The molecule has 2 fully saturated rings. The van der Waals surface area contributed by atoms with Gasteiger partial charge in [-0.05, 0) is 26.7 Å². The van der Waals surface area contributed by atoms with Crippen molar-refractivity contribution in [3.63, 3.8) is 0 Å². The second-order valence-electron chi connectivity index (χ2n) is 5.13. The van der Waals surface area contributed by atoms with Gasteiger partial charge < -0.3 is 10.1 Å². The van der Waals surface area contributed by atoms with Crippen LogP contribution in [0.5, 0.6) is 0 Å². The maximum atomic E-state index is 5.41. The Labute approximate surface area is 102 Å². The van der Waals surface area contributed by atoms with Crippen LogP contribution in [0.3, 0.4) is 0 Å². The number of ether oxygens (including phenoxy) is 1. The molecule has 1 N–H and O–H groups in total. The molecule has 3 unspecified atom stereocenters. The Morgan fingerprint density at radius 2 is 2.50 bits per heavy atom. The molecule has 3 atom stereocenters. The van der Waals surface area contributed by atoms with Gasteiger partial charge in [-0.3, -0.25) is 4.99 Å². The second-order valence-corrected chi connectivity index (χ2v) is 6.09. The maximum absolute atomic E-state index is 5.41. The van der Waals surface area contributed by atoms with Crippen LogP contribution < -0.4 is 5.32 Å². The number of hydrogen-bond acceptors (Lipinski definition) is 3. The molecule has 2 aliphatic rings. The van der Waals surface area contributed by atoms with Gasteiger partial charge in [-0.25, -0.2) is 0 Å². The Balaban J connectivity index is 1.92. The average Bonchev–Trinajstić information content (AvgIpc) is 2.88. The lowest BCUT2D eigenvalue weighted by atomic mass is 10.0. The molecule has 0 aromatic heterocycles. The monoisotopic (exact) mass is 242 g/mol. The van der Waals surface area contributed by atoms with Crippen LogP contribution in [0.2, 0.25) is 0 Å². The molecular formula is C12H22N2OS. The summed E-state index contributed by atoms with van der Waals surface area (Å²) in [6.45, 7) is 8.49. The number of nitrogens with zero attached hydrogens (tertiary/aromatic N) is 1. The summed E-state index contributed by atoms with van der Waals surface area (Å²) >= 11 is 1.86. The van der Waals surface area contributed by atoms with Crippen LogP contribution in [0, 0.1) is 5.92 Å². The first kappa shape index (κ1) is 12.2. The van der Waals surface area contributed by atoms with Crippen molar-refractivity contribution in [1.29, 1.82) is 0 Å². The van der Waals surface area contributed by atoms with Gasteiger partial charge in [0.15, 0.2) is 5.17 Å². The zero-order chi connectivity index (χ0) is 11.6. The highest BCUT2D eigenvalue weighted by molar-refractivity contribution is 8.14. The Morgan fingerprint density at radius 3 is 3.06 bits per heavy atom. The van der Waals surface area contributed by atoms with Gasteiger partial charge >= 0.3 is 0 Å². The third-order valence-corrected chi connectivity index (χ3v) is 4.95. The molecule has 0 aromatic rings. The summed E-state index contributed by atoms with van der Waals surface area (Å²) < 4.78 is 5.41. The van der Waals surface area contributed by atoms with Gasteiger partial charge in [-0.15, -0.1) is 0 Å². The molecule has 0 amide bonds. The van der Waals surface area contributed by atoms with Crippen LogP contribution in [0.15, 0.2) is 4.99 Å². The predicted molar refractivity (Wildman–Crippen MR) is 70.1 cm³/mol. The van der Waals surface area contributed by atoms with Gasteiger partial charge in [0.25, 0.3) is 0 Å². The van der Waals surface area contributed by atoms with E-state index in [1.165, 1.54) is 0 Å². The number of hydrogen-bond donors (Lipinski definition) is 1. The minimum absolute atomic E-state index is 0.245. The number of amidine groups is 1. The summed E-state index contributed by atoms with van der Waals surface area (Å²) in [4.78, 5) is 4.79. The van der Waals surface area contributed by atoms with Crippen LogP contribution in [-0.2, 0) is 4.74 Å². The van der Waals surface area contributed by atoms with E-state index in [1.807, 2.05) is 11.8 Å². The van der Waals surface area contributed by atoms with E-state index in [0.29, 0.717) is 12.0 Å². The quantitative estimate of drug-likeness (QED) is 0.824. The molecule has 2 aliphatic heterocycles. The molecule has 2 heterocycles. The van der Waals surface area contributed by atoms with Crippen molar-refractivity contribution in [2.24, 2.45) is 10.9 Å². The topological polar surface area (TPSA) is 33.6 Å². The van der Waals surface area contributed by atoms with Gasteiger partial charge in [-0.1, -0.05) is 18.7 Å². The summed E-state index contributed by atoms with van der Waals surface area (Å²) in [5.41, 5.74) is 0.245. The summed E-state index contributed by atoms with van der Waals surface area (Å²) in [5.74, 6) is 1.75. The molecule has 0 aromatic carbocycles. The normalized spacial score (nSPS) is 38.9. The minimum atomic E-state index is 0.245. The third kappa shape index (κ3) is 2.72. The fraction of sp³-hybridized carbons (Fsp3) is 0.917. The lowest BCUT2D eigenvalue weighted by Gasteiger charge is -2.21. The number of nitrogens with one attached hydrogen (secondary N) is 1. The lowest BCUT2D eigenvalue weighted by Crippen LogP contribution is -2.40. The van der Waals surface area contributed by atoms with Crippen LogP contribution >= 0.6 is 11.8 Å². The Morgan fingerprint density at radius 1 is 1.69 bits per heavy atom. The van der Waals surface area contributed by atoms with E-state index < -0.39 is 0 Å². The van der Waals surface area contributed by atoms with E-state index in [0.717, 1.165) is 37.0 Å². The molecule has 0 saturated carbocycles. The van der Waals surface area contributed by atoms with Crippen molar-refractivity contribution in [2.75, 3.05) is 19.0 Å². The number of aliphatic imine (C=N–C) groups is 1. The number of rotatable bonds is 3. The smallest absolute Gasteiger partial charge is 0.157 e. The molecule has 0 spiro atoms. The van der Waals surface area contributed by atoms with E-state index in [1.54, 1.807) is 0 Å².